The molecule has 2 aromatic carbocycles. The van der Waals surface area contributed by atoms with Gasteiger partial charge in [0, 0.05) is 30.1 Å². The second-order valence-electron chi connectivity index (χ2n) is 5.79. The molecule has 2 rings (SSSR count). The summed E-state index contributed by atoms with van der Waals surface area (Å²) >= 11 is 5.77. The van der Waals surface area contributed by atoms with Crippen molar-refractivity contribution in [2.45, 2.75) is 19.3 Å². The zero-order chi connectivity index (χ0) is 18.9. The van der Waals surface area contributed by atoms with Crippen LogP contribution in [-0.2, 0) is 11.2 Å². The second kappa shape index (κ2) is 9.68. The topological polar surface area (TPSA) is 98.7 Å². The van der Waals surface area contributed by atoms with Crippen LogP contribution in [0.1, 0.15) is 28.8 Å². The van der Waals surface area contributed by atoms with Crippen LogP contribution < -0.4 is 10.6 Å². The number of phenolic OH excluding ortho intramolecular Hbond substituents is 2. The summed E-state index contributed by atoms with van der Waals surface area (Å²) in [5, 5.41) is 24.8. The van der Waals surface area contributed by atoms with Crippen LogP contribution in [0.2, 0.25) is 5.02 Å². The molecular formula is C19H21ClN2O4. The van der Waals surface area contributed by atoms with Crippen LogP contribution in [0.5, 0.6) is 11.5 Å². The molecule has 0 saturated heterocycles. The Morgan fingerprint density at radius 2 is 1.65 bits per heavy atom. The molecule has 7 heteroatoms. The molecule has 0 saturated carbocycles. The minimum atomic E-state index is -0.200. The van der Waals surface area contributed by atoms with Gasteiger partial charge in [-0.1, -0.05) is 17.7 Å². The fourth-order valence-electron chi connectivity index (χ4n) is 2.31. The number of benzene rings is 2. The maximum Gasteiger partial charge on any atom is 0.251 e. The van der Waals surface area contributed by atoms with E-state index in [4.69, 9.17) is 11.6 Å². The lowest BCUT2D eigenvalue weighted by molar-refractivity contribution is -0.121. The molecule has 0 aliphatic heterocycles. The monoisotopic (exact) mass is 376 g/mol. The van der Waals surface area contributed by atoms with Gasteiger partial charge < -0.3 is 20.8 Å². The van der Waals surface area contributed by atoms with Crippen molar-refractivity contribution >= 4 is 23.4 Å². The van der Waals surface area contributed by atoms with E-state index >= 15 is 0 Å². The molecule has 0 aromatic heterocycles. The molecule has 138 valence electrons. The Kier molecular flexibility index (Phi) is 7.29. The summed E-state index contributed by atoms with van der Waals surface area (Å²) in [4.78, 5) is 23.7. The number of amides is 2. The Hall–Kier alpha value is -2.73. The molecular weight excluding hydrogens is 356 g/mol. The molecule has 4 N–H and O–H groups in total. The average Bonchev–Trinajstić information content (AvgIpc) is 2.62. The zero-order valence-corrected chi connectivity index (χ0v) is 14.9. The molecule has 26 heavy (non-hydrogen) atoms. The van der Waals surface area contributed by atoms with Crippen LogP contribution in [-0.4, -0.2) is 35.1 Å². The van der Waals surface area contributed by atoms with E-state index in [1.165, 1.54) is 12.1 Å². The van der Waals surface area contributed by atoms with Crippen molar-refractivity contribution in [1.82, 2.24) is 10.6 Å². The van der Waals surface area contributed by atoms with Gasteiger partial charge >= 0.3 is 0 Å². The Balaban J connectivity index is 1.60. The summed E-state index contributed by atoms with van der Waals surface area (Å²) in [5.74, 6) is -0.647. The van der Waals surface area contributed by atoms with Gasteiger partial charge in [-0.25, -0.2) is 0 Å². The van der Waals surface area contributed by atoms with Crippen molar-refractivity contribution in [3.8, 4) is 11.5 Å². The first-order valence-electron chi connectivity index (χ1n) is 8.27. The third kappa shape index (κ3) is 6.29. The van der Waals surface area contributed by atoms with E-state index in [0.29, 0.717) is 42.9 Å². The molecule has 0 spiro atoms. The first kappa shape index (κ1) is 19.6. The summed E-state index contributed by atoms with van der Waals surface area (Å²) in [7, 11) is 0. The standard InChI is InChI=1S/C19H21ClN2O4/c20-15-6-4-14(5-7-15)19(26)22-10-1-2-18(25)21-11-9-13-3-8-16(23)17(24)12-13/h3-8,12,23-24H,1-2,9-11H2,(H,21,25)(H,22,26). The van der Waals surface area contributed by atoms with Gasteiger partial charge in [0.2, 0.25) is 5.91 Å². The molecule has 6 nitrogen and oxygen atoms in total. The minimum Gasteiger partial charge on any atom is -0.504 e. The van der Waals surface area contributed by atoms with Crippen LogP contribution in [0.15, 0.2) is 42.5 Å². The first-order valence-corrected chi connectivity index (χ1v) is 8.65. The Morgan fingerprint density at radius 1 is 0.923 bits per heavy atom. The number of aromatic hydroxyl groups is 2. The Bertz CT molecular complexity index is 763. The van der Waals surface area contributed by atoms with Gasteiger partial charge in [0.25, 0.3) is 5.91 Å². The Labute approximate surface area is 156 Å². The third-order valence-corrected chi connectivity index (χ3v) is 4.00. The number of rotatable bonds is 8. The van der Waals surface area contributed by atoms with Crippen molar-refractivity contribution in [3.05, 3.63) is 58.6 Å². The molecule has 0 heterocycles. The van der Waals surface area contributed by atoms with E-state index in [2.05, 4.69) is 10.6 Å². The van der Waals surface area contributed by atoms with Gasteiger partial charge in [0.15, 0.2) is 11.5 Å². The van der Waals surface area contributed by atoms with Gasteiger partial charge in [-0.2, -0.15) is 0 Å². The van der Waals surface area contributed by atoms with Gasteiger partial charge in [0.05, 0.1) is 0 Å². The molecule has 2 amide bonds. The van der Waals surface area contributed by atoms with Crippen LogP contribution in [0, 0.1) is 0 Å². The summed E-state index contributed by atoms with van der Waals surface area (Å²) in [6.07, 6.45) is 1.39. The lowest BCUT2D eigenvalue weighted by Crippen LogP contribution is -2.28. The minimum absolute atomic E-state index is 0.103. The normalized spacial score (nSPS) is 10.3. The highest BCUT2D eigenvalue weighted by Gasteiger charge is 2.06. The van der Waals surface area contributed by atoms with Crippen molar-refractivity contribution in [3.63, 3.8) is 0 Å². The van der Waals surface area contributed by atoms with E-state index in [1.807, 2.05) is 0 Å². The van der Waals surface area contributed by atoms with E-state index in [0.717, 1.165) is 5.56 Å². The molecule has 0 fully saturated rings. The maximum absolute atomic E-state index is 11.9. The quantitative estimate of drug-likeness (QED) is 0.420. The maximum atomic E-state index is 11.9. The lowest BCUT2D eigenvalue weighted by atomic mass is 10.1. The number of halogens is 1. The van der Waals surface area contributed by atoms with Gasteiger partial charge in [-0.05, 0) is 54.8 Å². The van der Waals surface area contributed by atoms with Crippen molar-refractivity contribution in [2.24, 2.45) is 0 Å². The molecule has 0 bridgehead atoms. The van der Waals surface area contributed by atoms with E-state index in [1.54, 1.807) is 30.3 Å². The fraction of sp³-hybridized carbons (Fsp3) is 0.263. The number of carbonyl (C=O) groups is 2. The van der Waals surface area contributed by atoms with E-state index in [9.17, 15) is 19.8 Å². The van der Waals surface area contributed by atoms with Crippen molar-refractivity contribution < 1.29 is 19.8 Å². The predicted octanol–water partition coefficient (Wildman–Crippen LogP) is 2.62. The van der Waals surface area contributed by atoms with Crippen LogP contribution in [0.25, 0.3) is 0 Å². The fourth-order valence-corrected chi connectivity index (χ4v) is 2.44. The van der Waals surface area contributed by atoms with Gasteiger partial charge in [0.1, 0.15) is 0 Å². The largest absolute Gasteiger partial charge is 0.504 e. The highest BCUT2D eigenvalue weighted by atomic mass is 35.5. The summed E-state index contributed by atoms with van der Waals surface area (Å²) in [6.45, 7) is 0.834. The zero-order valence-electron chi connectivity index (χ0n) is 14.2. The molecule has 0 aliphatic carbocycles. The highest BCUT2D eigenvalue weighted by molar-refractivity contribution is 6.30. The van der Waals surface area contributed by atoms with Crippen LogP contribution >= 0.6 is 11.6 Å². The van der Waals surface area contributed by atoms with Crippen molar-refractivity contribution in [2.75, 3.05) is 13.1 Å². The van der Waals surface area contributed by atoms with Crippen molar-refractivity contribution in [1.29, 1.82) is 0 Å². The molecule has 0 atom stereocenters. The van der Waals surface area contributed by atoms with Gasteiger partial charge in [-0.15, -0.1) is 0 Å². The summed E-state index contributed by atoms with van der Waals surface area (Å²) < 4.78 is 0. The number of carbonyl (C=O) groups excluding carboxylic acids is 2. The SMILES string of the molecule is O=C(CCCNC(=O)c1ccc(Cl)cc1)NCCc1ccc(O)c(O)c1. The summed E-state index contributed by atoms with van der Waals surface area (Å²) in [5.41, 5.74) is 1.34. The number of nitrogens with one attached hydrogen (secondary N) is 2. The van der Waals surface area contributed by atoms with Gasteiger partial charge in [-0.3, -0.25) is 9.59 Å². The third-order valence-electron chi connectivity index (χ3n) is 3.75. The number of hydrogen-bond acceptors (Lipinski definition) is 4. The second-order valence-corrected chi connectivity index (χ2v) is 6.23. The number of phenols is 2. The van der Waals surface area contributed by atoms with E-state index in [-0.39, 0.29) is 23.3 Å². The lowest BCUT2D eigenvalue weighted by Gasteiger charge is -2.07. The molecule has 2 aromatic rings. The van der Waals surface area contributed by atoms with Crippen LogP contribution in [0.3, 0.4) is 0 Å². The molecule has 0 aliphatic rings. The first-order chi connectivity index (χ1) is 12.5. The smallest absolute Gasteiger partial charge is 0.251 e. The highest BCUT2D eigenvalue weighted by Crippen LogP contribution is 2.24. The van der Waals surface area contributed by atoms with Crippen LogP contribution in [0.4, 0.5) is 0 Å². The summed E-state index contributed by atoms with van der Waals surface area (Å²) in [6, 6.07) is 11.2. The van der Waals surface area contributed by atoms with E-state index < -0.39 is 0 Å². The predicted molar refractivity (Wildman–Crippen MR) is 99.5 cm³/mol. The average molecular weight is 377 g/mol. The molecule has 0 radical (unpaired) electrons. The Morgan fingerprint density at radius 3 is 2.35 bits per heavy atom. The molecule has 0 unspecified atom stereocenters. The number of hydrogen-bond donors (Lipinski definition) is 4.